The predicted octanol–water partition coefficient (Wildman–Crippen LogP) is 3.22. The van der Waals surface area contributed by atoms with Gasteiger partial charge in [-0.3, -0.25) is 4.79 Å². The summed E-state index contributed by atoms with van der Waals surface area (Å²) in [5.41, 5.74) is 3.31. The number of fused-ring (bicyclic) bond motifs is 3. The van der Waals surface area contributed by atoms with Crippen LogP contribution in [0.5, 0.6) is 5.88 Å². The maximum Gasteiger partial charge on any atom is 0.287 e. The van der Waals surface area contributed by atoms with E-state index in [4.69, 9.17) is 0 Å². The molecule has 0 radical (unpaired) electrons. The predicted molar refractivity (Wildman–Crippen MR) is 93.9 cm³/mol. The Morgan fingerprint density at radius 2 is 1.64 bits per heavy atom. The zero-order valence-electron chi connectivity index (χ0n) is 14.1. The number of nitrogens with zero attached hydrogens (tertiary/aromatic N) is 2. The number of carbonyl (C=O) groups is 1. The SMILES string of the molecule is CC(C)n1c([O-])c(C(=O)c2ccccc2)[n+]2c3cccccc-3cc12. The minimum absolute atomic E-state index is 0.0367. The summed E-state index contributed by atoms with van der Waals surface area (Å²) >= 11 is 0. The molecule has 1 aromatic heterocycles. The fourth-order valence-electron chi connectivity index (χ4n) is 3.35. The molecule has 2 heterocycles. The van der Waals surface area contributed by atoms with Crippen molar-refractivity contribution in [3.63, 3.8) is 0 Å². The molecule has 0 bridgehead atoms. The molecule has 0 saturated carbocycles. The molecule has 0 amide bonds. The lowest BCUT2D eigenvalue weighted by molar-refractivity contribution is -0.500. The summed E-state index contributed by atoms with van der Waals surface area (Å²) in [6.07, 6.45) is 0. The van der Waals surface area contributed by atoms with E-state index in [0.717, 1.165) is 16.9 Å². The Kier molecular flexibility index (Phi) is 3.53. The molecule has 4 nitrogen and oxygen atoms in total. The van der Waals surface area contributed by atoms with Crippen LogP contribution < -0.4 is 9.51 Å². The lowest BCUT2D eigenvalue weighted by atomic mass is 10.1. The topological polar surface area (TPSA) is 49.2 Å². The molecule has 0 N–H and O–H groups in total. The third kappa shape index (κ3) is 2.30. The second-order valence-corrected chi connectivity index (χ2v) is 6.40. The van der Waals surface area contributed by atoms with E-state index >= 15 is 0 Å². The van der Waals surface area contributed by atoms with Crippen molar-refractivity contribution in [3.8, 4) is 17.1 Å². The average Bonchev–Trinajstić information content (AvgIpc) is 2.96. The fourth-order valence-corrected chi connectivity index (χ4v) is 3.35. The molecule has 0 saturated heterocycles. The normalized spacial score (nSPS) is 11.5. The third-order valence-electron chi connectivity index (χ3n) is 4.46. The smallest absolute Gasteiger partial charge is 0.287 e. The molecule has 4 heteroatoms. The Morgan fingerprint density at radius 1 is 1.00 bits per heavy atom. The number of carbonyl (C=O) groups excluding carboxylic acids is 1. The Balaban J connectivity index is 2.10. The van der Waals surface area contributed by atoms with Gasteiger partial charge in [0.15, 0.2) is 0 Å². The van der Waals surface area contributed by atoms with Gasteiger partial charge in [-0.15, -0.1) is 0 Å². The van der Waals surface area contributed by atoms with Gasteiger partial charge in [-0.25, -0.2) is 4.57 Å². The lowest BCUT2D eigenvalue weighted by Crippen LogP contribution is -2.28. The largest absolute Gasteiger partial charge is 0.839 e. The first-order valence-electron chi connectivity index (χ1n) is 8.34. The van der Waals surface area contributed by atoms with Crippen molar-refractivity contribution in [1.82, 2.24) is 4.57 Å². The summed E-state index contributed by atoms with van der Waals surface area (Å²) in [6, 6.07) is 20.6. The van der Waals surface area contributed by atoms with Crippen LogP contribution in [0.2, 0.25) is 0 Å². The molecule has 2 aliphatic rings. The zero-order chi connectivity index (χ0) is 17.6. The van der Waals surface area contributed by atoms with Crippen LogP contribution >= 0.6 is 0 Å². The van der Waals surface area contributed by atoms with E-state index in [1.165, 1.54) is 0 Å². The minimum Gasteiger partial charge on any atom is -0.839 e. The Morgan fingerprint density at radius 3 is 2.32 bits per heavy atom. The van der Waals surface area contributed by atoms with Gasteiger partial charge in [-0.05, 0) is 19.9 Å². The van der Waals surface area contributed by atoms with Crippen LogP contribution in [-0.2, 0) is 0 Å². The number of rotatable bonds is 3. The monoisotopic (exact) mass is 330 g/mol. The van der Waals surface area contributed by atoms with Gasteiger partial charge >= 0.3 is 0 Å². The molecule has 1 aliphatic heterocycles. The molecule has 2 aromatic rings. The van der Waals surface area contributed by atoms with Crippen molar-refractivity contribution in [2.45, 2.75) is 19.9 Å². The van der Waals surface area contributed by atoms with E-state index in [1.54, 1.807) is 21.1 Å². The molecule has 1 aromatic carbocycles. The molecule has 0 unspecified atom stereocenters. The van der Waals surface area contributed by atoms with E-state index in [2.05, 4.69) is 0 Å². The van der Waals surface area contributed by atoms with Crippen molar-refractivity contribution >= 4 is 11.4 Å². The highest BCUT2D eigenvalue weighted by Crippen LogP contribution is 2.29. The van der Waals surface area contributed by atoms with E-state index in [-0.39, 0.29) is 23.4 Å². The Bertz CT molecular complexity index is 1050. The van der Waals surface area contributed by atoms with Gasteiger partial charge < -0.3 is 5.11 Å². The summed E-state index contributed by atoms with van der Waals surface area (Å²) < 4.78 is 3.49. The highest BCUT2D eigenvalue weighted by atomic mass is 16.3. The summed E-state index contributed by atoms with van der Waals surface area (Å²) in [6.45, 7) is 3.91. The zero-order valence-corrected chi connectivity index (χ0v) is 14.1. The average molecular weight is 330 g/mol. The summed E-state index contributed by atoms with van der Waals surface area (Å²) in [5, 5.41) is 13.0. The highest BCUT2D eigenvalue weighted by Gasteiger charge is 2.31. The maximum atomic E-state index is 13.1. The van der Waals surface area contributed by atoms with E-state index < -0.39 is 0 Å². The second kappa shape index (κ2) is 5.74. The first-order chi connectivity index (χ1) is 12.1. The van der Waals surface area contributed by atoms with Gasteiger partial charge in [0.05, 0.1) is 6.04 Å². The Hall–Kier alpha value is -3.14. The quantitative estimate of drug-likeness (QED) is 0.428. The van der Waals surface area contributed by atoms with Crippen LogP contribution in [0.15, 0.2) is 66.7 Å². The van der Waals surface area contributed by atoms with Crippen LogP contribution in [0.25, 0.3) is 16.9 Å². The van der Waals surface area contributed by atoms with E-state index in [9.17, 15) is 9.90 Å². The summed E-state index contributed by atoms with van der Waals surface area (Å²) in [5.74, 6) is -0.494. The van der Waals surface area contributed by atoms with Gasteiger partial charge in [0.2, 0.25) is 11.5 Å². The molecular formula is C21H18N2O2. The van der Waals surface area contributed by atoms with Crippen molar-refractivity contribution in [2.75, 3.05) is 0 Å². The second-order valence-electron chi connectivity index (χ2n) is 6.40. The number of hydrogen-bond acceptors (Lipinski definition) is 2. The van der Waals surface area contributed by atoms with Crippen molar-refractivity contribution in [1.29, 1.82) is 0 Å². The summed E-state index contributed by atoms with van der Waals surface area (Å²) in [4.78, 5) is 13.1. The molecule has 0 fully saturated rings. The summed E-state index contributed by atoms with van der Waals surface area (Å²) in [7, 11) is 0. The Labute approximate surface area is 145 Å². The van der Waals surface area contributed by atoms with Crippen LogP contribution in [0.3, 0.4) is 0 Å². The van der Waals surface area contributed by atoms with Gasteiger partial charge in [-0.1, -0.05) is 54.6 Å². The number of benzene rings is 1. The maximum absolute atomic E-state index is 13.1. The van der Waals surface area contributed by atoms with Gasteiger partial charge in [0.1, 0.15) is 11.6 Å². The molecule has 0 atom stereocenters. The van der Waals surface area contributed by atoms with Crippen LogP contribution in [0.4, 0.5) is 0 Å². The van der Waals surface area contributed by atoms with Crippen LogP contribution in [-0.4, -0.2) is 10.4 Å². The molecule has 4 rings (SSSR count). The number of hydrogen-bond donors (Lipinski definition) is 0. The minimum atomic E-state index is -0.251. The molecule has 0 spiro atoms. The lowest BCUT2D eigenvalue weighted by Gasteiger charge is -2.09. The van der Waals surface area contributed by atoms with E-state index in [1.807, 2.05) is 68.4 Å². The van der Waals surface area contributed by atoms with E-state index in [0.29, 0.717) is 5.56 Å². The van der Waals surface area contributed by atoms with Crippen molar-refractivity contribution in [2.24, 2.45) is 0 Å². The first kappa shape index (κ1) is 15.4. The van der Waals surface area contributed by atoms with Gasteiger partial charge in [0, 0.05) is 17.2 Å². The molecule has 1 aliphatic carbocycles. The number of aromatic nitrogens is 2. The fraction of sp³-hybridized carbons (Fsp3) is 0.143. The van der Waals surface area contributed by atoms with Crippen LogP contribution in [0.1, 0.15) is 35.9 Å². The first-order valence-corrected chi connectivity index (χ1v) is 8.34. The third-order valence-corrected chi connectivity index (χ3v) is 4.46. The molecule has 25 heavy (non-hydrogen) atoms. The molecule has 124 valence electrons. The number of ketones is 1. The van der Waals surface area contributed by atoms with Crippen LogP contribution in [0, 0.1) is 0 Å². The van der Waals surface area contributed by atoms with Crippen molar-refractivity contribution in [3.05, 3.63) is 78.0 Å². The number of imidazole rings is 1. The molecular weight excluding hydrogens is 312 g/mol. The standard InChI is InChI=1S/C21H18N2O2/c1-14(2)22-18-13-16-11-7-4-8-12-17(16)23(18)19(21(22)25)20(24)15-9-5-3-6-10-15/h3-14H,1-2H3. The van der Waals surface area contributed by atoms with Crippen molar-refractivity contribution < 1.29 is 14.3 Å². The van der Waals surface area contributed by atoms with Gasteiger partial charge in [-0.2, -0.15) is 4.40 Å². The highest BCUT2D eigenvalue weighted by molar-refractivity contribution is 6.08. The van der Waals surface area contributed by atoms with Gasteiger partial charge in [0.25, 0.3) is 5.65 Å².